The Hall–Kier alpha value is -1.13. The molecule has 86 valence electrons. The SMILES string of the molecule is O=C(O)[C@H]1CCO[C@H]1c1ccc(Cl)c(F)c1. The number of halogens is 2. The van der Waals surface area contributed by atoms with E-state index >= 15 is 0 Å². The second-order valence-corrected chi connectivity index (χ2v) is 4.11. The van der Waals surface area contributed by atoms with Gasteiger partial charge in [0, 0.05) is 6.61 Å². The first-order valence-corrected chi connectivity index (χ1v) is 5.27. The van der Waals surface area contributed by atoms with Gasteiger partial charge in [0.15, 0.2) is 0 Å². The minimum Gasteiger partial charge on any atom is -0.481 e. The summed E-state index contributed by atoms with van der Waals surface area (Å²) in [5, 5.41) is 8.99. The molecule has 1 heterocycles. The van der Waals surface area contributed by atoms with Crippen molar-refractivity contribution in [3.63, 3.8) is 0 Å². The third-order valence-electron chi connectivity index (χ3n) is 2.68. The van der Waals surface area contributed by atoms with Crippen LogP contribution in [-0.4, -0.2) is 17.7 Å². The van der Waals surface area contributed by atoms with Crippen LogP contribution in [0.5, 0.6) is 0 Å². The summed E-state index contributed by atoms with van der Waals surface area (Å²) in [6, 6.07) is 4.23. The number of hydrogen-bond donors (Lipinski definition) is 1. The van der Waals surface area contributed by atoms with Gasteiger partial charge in [0.25, 0.3) is 0 Å². The van der Waals surface area contributed by atoms with Gasteiger partial charge in [-0.25, -0.2) is 4.39 Å². The number of hydrogen-bond acceptors (Lipinski definition) is 2. The third-order valence-corrected chi connectivity index (χ3v) is 2.99. The normalized spacial score (nSPS) is 24.6. The molecule has 1 fully saturated rings. The fourth-order valence-corrected chi connectivity index (χ4v) is 1.98. The Labute approximate surface area is 96.8 Å². The summed E-state index contributed by atoms with van der Waals surface area (Å²) in [5.74, 6) is -2.09. The first-order valence-electron chi connectivity index (χ1n) is 4.89. The number of carbonyl (C=O) groups is 1. The van der Waals surface area contributed by atoms with Crippen molar-refractivity contribution >= 4 is 17.6 Å². The number of aliphatic carboxylic acids is 1. The molecule has 0 aromatic heterocycles. The molecule has 0 saturated carbocycles. The molecule has 1 aromatic carbocycles. The fraction of sp³-hybridized carbons (Fsp3) is 0.364. The van der Waals surface area contributed by atoms with E-state index in [2.05, 4.69) is 0 Å². The maximum Gasteiger partial charge on any atom is 0.309 e. The van der Waals surface area contributed by atoms with Gasteiger partial charge in [-0.3, -0.25) is 4.79 Å². The highest BCUT2D eigenvalue weighted by Crippen LogP contribution is 2.35. The number of rotatable bonds is 2. The quantitative estimate of drug-likeness (QED) is 0.870. The predicted octanol–water partition coefficient (Wildman–Crippen LogP) is 2.64. The molecule has 0 unspecified atom stereocenters. The van der Waals surface area contributed by atoms with E-state index in [9.17, 15) is 9.18 Å². The van der Waals surface area contributed by atoms with Gasteiger partial charge in [-0.15, -0.1) is 0 Å². The van der Waals surface area contributed by atoms with Crippen LogP contribution in [0.15, 0.2) is 18.2 Å². The summed E-state index contributed by atoms with van der Waals surface area (Å²) in [7, 11) is 0. The van der Waals surface area contributed by atoms with Crippen molar-refractivity contribution in [2.24, 2.45) is 5.92 Å². The number of carboxylic acids is 1. The highest BCUT2D eigenvalue weighted by molar-refractivity contribution is 6.30. The molecule has 1 N–H and O–H groups in total. The first-order chi connectivity index (χ1) is 7.59. The van der Waals surface area contributed by atoms with E-state index in [-0.39, 0.29) is 5.02 Å². The van der Waals surface area contributed by atoms with Crippen molar-refractivity contribution in [3.05, 3.63) is 34.6 Å². The highest BCUT2D eigenvalue weighted by Gasteiger charge is 2.35. The molecule has 1 aliphatic heterocycles. The molecule has 0 bridgehead atoms. The lowest BCUT2D eigenvalue weighted by Crippen LogP contribution is -2.17. The van der Waals surface area contributed by atoms with Gasteiger partial charge >= 0.3 is 5.97 Å². The maximum absolute atomic E-state index is 13.2. The van der Waals surface area contributed by atoms with Gasteiger partial charge in [0.1, 0.15) is 5.82 Å². The molecular formula is C11H10ClFO3. The van der Waals surface area contributed by atoms with E-state index in [1.165, 1.54) is 12.1 Å². The molecule has 1 saturated heterocycles. The maximum atomic E-state index is 13.2. The predicted molar refractivity (Wildman–Crippen MR) is 55.8 cm³/mol. The molecule has 0 aliphatic carbocycles. The summed E-state index contributed by atoms with van der Waals surface area (Å²) >= 11 is 5.55. The van der Waals surface area contributed by atoms with Crippen molar-refractivity contribution in [2.75, 3.05) is 6.61 Å². The van der Waals surface area contributed by atoms with Gasteiger partial charge in [-0.05, 0) is 24.1 Å². The summed E-state index contributed by atoms with van der Waals surface area (Å²) in [4.78, 5) is 10.9. The monoisotopic (exact) mass is 244 g/mol. The van der Waals surface area contributed by atoms with Crippen molar-refractivity contribution in [3.8, 4) is 0 Å². The number of carboxylic acid groups (broad SMARTS) is 1. The van der Waals surface area contributed by atoms with Crippen LogP contribution >= 0.6 is 11.6 Å². The van der Waals surface area contributed by atoms with Gasteiger partial charge < -0.3 is 9.84 Å². The van der Waals surface area contributed by atoms with Crippen molar-refractivity contribution in [1.29, 1.82) is 0 Å². The molecule has 0 amide bonds. The van der Waals surface area contributed by atoms with Gasteiger partial charge in [0.05, 0.1) is 17.0 Å². The Bertz CT molecular complexity index is 422. The summed E-state index contributed by atoms with van der Waals surface area (Å²) < 4.78 is 18.5. The molecule has 0 spiro atoms. The van der Waals surface area contributed by atoms with Crippen LogP contribution in [-0.2, 0) is 9.53 Å². The molecular weight excluding hydrogens is 235 g/mol. The minimum atomic E-state index is -0.919. The molecule has 1 aliphatic rings. The standard InChI is InChI=1S/C11H10ClFO3/c12-8-2-1-6(5-9(8)13)10-7(11(14)15)3-4-16-10/h1-2,5,7,10H,3-4H2,(H,14,15)/t7-,10-/m0/s1. The Morgan fingerprint density at radius 3 is 2.94 bits per heavy atom. The van der Waals surface area contributed by atoms with E-state index in [1.807, 2.05) is 0 Å². The van der Waals surface area contributed by atoms with Crippen LogP contribution in [0, 0.1) is 11.7 Å². The molecule has 1 aromatic rings. The lowest BCUT2D eigenvalue weighted by atomic mass is 9.95. The Kier molecular flexibility index (Phi) is 3.12. The zero-order valence-electron chi connectivity index (χ0n) is 8.32. The van der Waals surface area contributed by atoms with Crippen LogP contribution in [0.4, 0.5) is 4.39 Å². The van der Waals surface area contributed by atoms with Gasteiger partial charge in [-0.2, -0.15) is 0 Å². The third kappa shape index (κ3) is 2.03. The van der Waals surface area contributed by atoms with Crippen molar-refractivity contribution in [2.45, 2.75) is 12.5 Å². The lowest BCUT2D eigenvalue weighted by Gasteiger charge is -2.15. The van der Waals surface area contributed by atoms with Crippen molar-refractivity contribution in [1.82, 2.24) is 0 Å². The van der Waals surface area contributed by atoms with Crippen LogP contribution in [0.3, 0.4) is 0 Å². The summed E-state index contributed by atoms with van der Waals surface area (Å²) in [5.41, 5.74) is 0.520. The Balaban J connectivity index is 2.29. The van der Waals surface area contributed by atoms with E-state index in [0.717, 1.165) is 0 Å². The average molecular weight is 245 g/mol. The van der Waals surface area contributed by atoms with Crippen LogP contribution in [0.2, 0.25) is 5.02 Å². The van der Waals surface area contributed by atoms with Crippen molar-refractivity contribution < 1.29 is 19.0 Å². The Morgan fingerprint density at radius 1 is 1.56 bits per heavy atom. The first kappa shape index (κ1) is 11.4. The van der Waals surface area contributed by atoms with Crippen LogP contribution in [0.25, 0.3) is 0 Å². The smallest absolute Gasteiger partial charge is 0.309 e. The molecule has 2 atom stereocenters. The van der Waals surface area contributed by atoms with Crippen LogP contribution < -0.4 is 0 Å². The average Bonchev–Trinajstić information content (AvgIpc) is 2.71. The summed E-state index contributed by atoms with van der Waals surface area (Å²) in [6.07, 6.45) is -0.131. The van der Waals surface area contributed by atoms with Gasteiger partial charge in [0.2, 0.25) is 0 Å². The molecule has 0 radical (unpaired) electrons. The topological polar surface area (TPSA) is 46.5 Å². The minimum absolute atomic E-state index is 0.0219. The molecule has 16 heavy (non-hydrogen) atoms. The second-order valence-electron chi connectivity index (χ2n) is 3.70. The Morgan fingerprint density at radius 2 is 2.31 bits per heavy atom. The number of benzene rings is 1. The molecule has 5 heteroatoms. The summed E-state index contributed by atoms with van der Waals surface area (Å²) in [6.45, 7) is 0.381. The molecule has 2 rings (SSSR count). The van der Waals surface area contributed by atoms with E-state index in [4.69, 9.17) is 21.4 Å². The fourth-order valence-electron chi connectivity index (χ4n) is 1.86. The van der Waals surface area contributed by atoms with E-state index in [0.29, 0.717) is 18.6 Å². The zero-order chi connectivity index (χ0) is 11.7. The van der Waals surface area contributed by atoms with Gasteiger partial charge in [-0.1, -0.05) is 17.7 Å². The molecule has 3 nitrogen and oxygen atoms in total. The zero-order valence-corrected chi connectivity index (χ0v) is 9.08. The number of ether oxygens (including phenoxy) is 1. The largest absolute Gasteiger partial charge is 0.481 e. The lowest BCUT2D eigenvalue weighted by molar-refractivity contribution is -0.143. The van der Waals surface area contributed by atoms with E-state index in [1.54, 1.807) is 6.07 Å². The van der Waals surface area contributed by atoms with E-state index < -0.39 is 23.8 Å². The highest BCUT2D eigenvalue weighted by atomic mass is 35.5. The second kappa shape index (κ2) is 4.39. The van der Waals surface area contributed by atoms with Crippen LogP contribution in [0.1, 0.15) is 18.1 Å².